The lowest BCUT2D eigenvalue weighted by Gasteiger charge is -2.03. The summed E-state index contributed by atoms with van der Waals surface area (Å²) in [7, 11) is 0. The minimum absolute atomic E-state index is 0.499. The van der Waals surface area contributed by atoms with E-state index in [1.807, 2.05) is 18.2 Å². The Balaban J connectivity index is 2.01. The molecule has 0 bridgehead atoms. The summed E-state index contributed by atoms with van der Waals surface area (Å²) in [6, 6.07) is 5.45. The summed E-state index contributed by atoms with van der Waals surface area (Å²) in [4.78, 5) is 5.19. The van der Waals surface area contributed by atoms with Crippen LogP contribution in [0.1, 0.15) is 25.6 Å². The number of aromatic nitrogens is 2. The lowest BCUT2D eigenvalue weighted by atomic mass is 10.1. The number of benzene rings is 1. The quantitative estimate of drug-likeness (QED) is 0.738. The molecule has 19 heavy (non-hydrogen) atoms. The van der Waals surface area contributed by atoms with Crippen LogP contribution in [-0.4, -0.2) is 10.1 Å². The first-order chi connectivity index (χ1) is 9.06. The van der Waals surface area contributed by atoms with Crippen molar-refractivity contribution in [1.82, 2.24) is 10.1 Å². The molecule has 0 amide bonds. The van der Waals surface area contributed by atoms with E-state index >= 15 is 0 Å². The van der Waals surface area contributed by atoms with E-state index in [0.717, 1.165) is 11.3 Å². The average molecular weight is 317 g/mol. The number of hydrogen-bond acceptors (Lipinski definition) is 4. The number of nitrogens with zero attached hydrogens (tertiary/aromatic N) is 2. The first-order valence-electron chi connectivity index (χ1n) is 5.94. The minimum atomic E-state index is 0.499. The summed E-state index contributed by atoms with van der Waals surface area (Å²) in [5, 5.41) is 5.23. The Morgan fingerprint density at radius 1 is 1.26 bits per heavy atom. The predicted molar refractivity (Wildman–Crippen MR) is 78.9 cm³/mol. The highest BCUT2D eigenvalue weighted by Gasteiger charge is 2.11. The zero-order valence-electron chi connectivity index (χ0n) is 10.7. The third-order valence-electron chi connectivity index (χ3n) is 2.36. The Bertz CT molecular complexity index is 537. The molecule has 0 saturated heterocycles. The van der Waals surface area contributed by atoms with E-state index < -0.39 is 0 Å². The van der Waals surface area contributed by atoms with Gasteiger partial charge in [-0.3, -0.25) is 0 Å². The van der Waals surface area contributed by atoms with Crippen molar-refractivity contribution in [1.29, 1.82) is 0 Å². The number of thioether (sulfide) groups is 1. The van der Waals surface area contributed by atoms with Crippen molar-refractivity contribution in [2.45, 2.75) is 30.9 Å². The normalized spacial score (nSPS) is 11.2. The maximum Gasteiger partial charge on any atom is 0.226 e. The Morgan fingerprint density at radius 3 is 2.58 bits per heavy atom. The molecule has 0 spiro atoms. The van der Waals surface area contributed by atoms with Crippen LogP contribution in [-0.2, 0) is 12.2 Å². The van der Waals surface area contributed by atoms with Gasteiger partial charge in [-0.05, 0) is 18.1 Å². The molecule has 1 aromatic carbocycles. The molecule has 0 aliphatic carbocycles. The van der Waals surface area contributed by atoms with Crippen molar-refractivity contribution in [3.05, 3.63) is 40.0 Å². The summed E-state index contributed by atoms with van der Waals surface area (Å²) < 4.78 is 5.18. The molecule has 0 N–H and O–H groups in total. The zero-order chi connectivity index (χ0) is 13.8. The van der Waals surface area contributed by atoms with E-state index in [0.29, 0.717) is 33.4 Å². The minimum Gasteiger partial charge on any atom is -0.339 e. The molecule has 0 aliphatic rings. The topological polar surface area (TPSA) is 38.9 Å². The summed E-state index contributed by atoms with van der Waals surface area (Å²) in [6.07, 6.45) is 0.796. The number of hydrogen-bond donors (Lipinski definition) is 0. The Kier molecular flexibility index (Phi) is 5.13. The fourth-order valence-electron chi connectivity index (χ4n) is 1.54. The van der Waals surface area contributed by atoms with Gasteiger partial charge in [0, 0.05) is 11.3 Å². The second kappa shape index (κ2) is 6.64. The molecule has 1 heterocycles. The highest BCUT2D eigenvalue weighted by molar-refractivity contribution is 7.98. The molecular weight excluding hydrogens is 303 g/mol. The summed E-state index contributed by atoms with van der Waals surface area (Å²) in [6.45, 7) is 4.23. The Morgan fingerprint density at radius 2 is 1.95 bits per heavy atom. The summed E-state index contributed by atoms with van der Waals surface area (Å²) in [5.74, 6) is 2.43. The molecule has 0 radical (unpaired) electrons. The number of halogens is 2. The first-order valence-corrected chi connectivity index (χ1v) is 7.68. The van der Waals surface area contributed by atoms with Gasteiger partial charge in [-0.15, -0.1) is 11.8 Å². The first kappa shape index (κ1) is 14.7. The van der Waals surface area contributed by atoms with Crippen LogP contribution in [0.3, 0.4) is 0 Å². The third-order valence-corrected chi connectivity index (χ3v) is 4.34. The highest BCUT2D eigenvalue weighted by Crippen LogP contribution is 2.35. The summed E-state index contributed by atoms with van der Waals surface area (Å²) in [5.41, 5.74) is 0. The number of rotatable bonds is 5. The second-order valence-corrected chi connectivity index (χ2v) is 6.34. The zero-order valence-corrected chi connectivity index (χ0v) is 13.0. The molecule has 0 saturated carbocycles. The molecule has 2 aromatic rings. The van der Waals surface area contributed by atoms with Crippen molar-refractivity contribution < 1.29 is 4.52 Å². The molecule has 0 fully saturated rings. The van der Waals surface area contributed by atoms with Gasteiger partial charge in [-0.1, -0.05) is 48.3 Å². The Labute approximate surface area is 126 Å². The molecule has 3 nitrogen and oxygen atoms in total. The van der Waals surface area contributed by atoms with E-state index in [1.54, 1.807) is 0 Å². The largest absolute Gasteiger partial charge is 0.339 e. The van der Waals surface area contributed by atoms with Gasteiger partial charge in [0.25, 0.3) is 0 Å². The molecule has 102 valence electrons. The third kappa shape index (κ3) is 4.13. The van der Waals surface area contributed by atoms with Crippen LogP contribution >= 0.6 is 35.0 Å². The van der Waals surface area contributed by atoms with Crippen molar-refractivity contribution in [2.24, 2.45) is 5.92 Å². The van der Waals surface area contributed by atoms with Gasteiger partial charge >= 0.3 is 0 Å². The molecule has 0 unspecified atom stereocenters. The van der Waals surface area contributed by atoms with Crippen LogP contribution in [0, 0.1) is 5.92 Å². The lowest BCUT2D eigenvalue weighted by Crippen LogP contribution is -1.94. The van der Waals surface area contributed by atoms with Crippen molar-refractivity contribution in [2.75, 3.05) is 0 Å². The van der Waals surface area contributed by atoms with Crippen LogP contribution in [0.25, 0.3) is 0 Å². The van der Waals surface area contributed by atoms with Crippen LogP contribution < -0.4 is 0 Å². The fraction of sp³-hybridized carbons (Fsp3) is 0.385. The van der Waals surface area contributed by atoms with Crippen molar-refractivity contribution in [3.63, 3.8) is 0 Å². The molecular formula is C13H14Cl2N2OS. The molecule has 6 heteroatoms. The monoisotopic (exact) mass is 316 g/mol. The van der Waals surface area contributed by atoms with E-state index in [-0.39, 0.29) is 0 Å². The van der Waals surface area contributed by atoms with E-state index in [4.69, 9.17) is 27.7 Å². The van der Waals surface area contributed by atoms with Crippen LogP contribution in [0.5, 0.6) is 0 Å². The van der Waals surface area contributed by atoms with Crippen LogP contribution in [0.15, 0.2) is 27.6 Å². The maximum atomic E-state index is 6.10. The van der Waals surface area contributed by atoms with Gasteiger partial charge in [0.05, 0.1) is 15.8 Å². The van der Waals surface area contributed by atoms with Gasteiger partial charge < -0.3 is 4.52 Å². The Hall–Kier alpha value is -0.710. The van der Waals surface area contributed by atoms with Crippen molar-refractivity contribution in [3.8, 4) is 0 Å². The van der Waals surface area contributed by atoms with Crippen molar-refractivity contribution >= 4 is 35.0 Å². The standard InChI is InChI=1S/C13H14Cl2N2OS/c1-8(2)6-12-16-11(17-18-12)7-19-13-9(14)4-3-5-10(13)15/h3-5,8H,6-7H2,1-2H3. The molecule has 0 atom stereocenters. The van der Waals surface area contributed by atoms with Crippen LogP contribution in [0.4, 0.5) is 0 Å². The summed E-state index contributed by atoms with van der Waals surface area (Å²) >= 11 is 13.7. The fourth-order valence-corrected chi connectivity index (χ4v) is 3.07. The highest BCUT2D eigenvalue weighted by atomic mass is 35.5. The predicted octanol–water partition coefficient (Wildman–Crippen LogP) is 4.87. The average Bonchev–Trinajstić information content (AvgIpc) is 2.75. The van der Waals surface area contributed by atoms with E-state index in [2.05, 4.69) is 24.0 Å². The molecule has 0 aliphatic heterocycles. The molecule has 2 rings (SSSR count). The van der Waals surface area contributed by atoms with Gasteiger partial charge in [-0.2, -0.15) is 4.98 Å². The SMILES string of the molecule is CC(C)Cc1nc(CSc2c(Cl)cccc2Cl)no1. The van der Waals surface area contributed by atoms with Crippen LogP contribution in [0.2, 0.25) is 10.0 Å². The van der Waals surface area contributed by atoms with E-state index in [1.165, 1.54) is 11.8 Å². The van der Waals surface area contributed by atoms with Gasteiger partial charge in [0.2, 0.25) is 5.89 Å². The second-order valence-electron chi connectivity index (χ2n) is 4.54. The molecule has 1 aromatic heterocycles. The van der Waals surface area contributed by atoms with Gasteiger partial charge in [0.1, 0.15) is 0 Å². The lowest BCUT2D eigenvalue weighted by molar-refractivity contribution is 0.360. The van der Waals surface area contributed by atoms with E-state index in [9.17, 15) is 0 Å². The van der Waals surface area contributed by atoms with Gasteiger partial charge in [-0.25, -0.2) is 0 Å². The van der Waals surface area contributed by atoms with Gasteiger partial charge in [0.15, 0.2) is 5.82 Å². The maximum absolute atomic E-state index is 6.10. The smallest absolute Gasteiger partial charge is 0.226 e.